The van der Waals surface area contributed by atoms with E-state index in [1.54, 1.807) is 42.5 Å². The molecule has 0 spiro atoms. The number of hydrogen-bond donors (Lipinski definition) is 2. The van der Waals surface area contributed by atoms with Crippen LogP contribution in [-0.4, -0.2) is 45.7 Å². The van der Waals surface area contributed by atoms with Crippen LogP contribution in [-0.2, 0) is 4.79 Å². The summed E-state index contributed by atoms with van der Waals surface area (Å²) in [4.78, 5) is 23.9. The van der Waals surface area contributed by atoms with E-state index >= 15 is 0 Å². The van der Waals surface area contributed by atoms with Crippen molar-refractivity contribution in [1.82, 2.24) is 10.6 Å². The number of hydrogen-bond acceptors (Lipinski definition) is 5. The summed E-state index contributed by atoms with van der Waals surface area (Å²) < 4.78 is 15.6. The fourth-order valence-electron chi connectivity index (χ4n) is 2.19. The van der Waals surface area contributed by atoms with Crippen molar-refractivity contribution < 1.29 is 23.8 Å². The maximum Gasteiger partial charge on any atom is 0.258 e. The van der Waals surface area contributed by atoms with Gasteiger partial charge in [-0.05, 0) is 42.5 Å². The highest BCUT2D eigenvalue weighted by atomic mass is 35.5. The van der Waals surface area contributed by atoms with Crippen LogP contribution in [0.2, 0.25) is 5.02 Å². The van der Waals surface area contributed by atoms with Crippen molar-refractivity contribution in [3.63, 3.8) is 0 Å². The smallest absolute Gasteiger partial charge is 0.258 e. The largest absolute Gasteiger partial charge is 0.493 e. The van der Waals surface area contributed by atoms with E-state index in [9.17, 15) is 9.59 Å². The molecule has 0 atom stereocenters. The first kappa shape index (κ1) is 20.4. The number of nitrogens with one attached hydrogen (secondary N) is 2. The van der Waals surface area contributed by atoms with Gasteiger partial charge in [-0.1, -0.05) is 11.6 Å². The first-order valence-electron chi connectivity index (χ1n) is 8.18. The molecule has 2 rings (SSSR count). The number of halogens is 1. The molecule has 0 heterocycles. The quantitative estimate of drug-likeness (QED) is 0.639. The van der Waals surface area contributed by atoms with E-state index in [4.69, 9.17) is 25.8 Å². The molecule has 0 fully saturated rings. The predicted molar refractivity (Wildman–Crippen MR) is 102 cm³/mol. The van der Waals surface area contributed by atoms with Gasteiger partial charge in [0.1, 0.15) is 5.75 Å². The molecule has 2 amide bonds. The molecule has 0 bridgehead atoms. The second-order valence-electron chi connectivity index (χ2n) is 5.42. The van der Waals surface area contributed by atoms with Gasteiger partial charge in [0.25, 0.3) is 11.8 Å². The molecule has 144 valence electrons. The molecule has 0 radical (unpaired) electrons. The summed E-state index contributed by atoms with van der Waals surface area (Å²) in [5, 5.41) is 5.97. The predicted octanol–water partition coefficient (Wildman–Crippen LogP) is 2.28. The standard InChI is InChI=1S/C19H21ClN2O5/c1-25-16-8-3-13(11-17(16)26-2)19(24)22-10-9-21-18(23)12-27-15-6-4-14(20)5-7-15/h3-8,11H,9-10,12H2,1-2H3,(H,21,23)(H,22,24). The van der Waals surface area contributed by atoms with Crippen LogP contribution in [0.4, 0.5) is 0 Å². The third-order valence-electron chi connectivity index (χ3n) is 3.56. The van der Waals surface area contributed by atoms with E-state index in [1.807, 2.05) is 0 Å². The number of rotatable bonds is 9. The molecule has 0 aromatic heterocycles. The molecule has 0 aliphatic heterocycles. The van der Waals surface area contributed by atoms with Crippen LogP contribution >= 0.6 is 11.6 Å². The van der Waals surface area contributed by atoms with E-state index in [-0.39, 0.29) is 31.5 Å². The number of carbonyl (C=O) groups excluding carboxylic acids is 2. The summed E-state index contributed by atoms with van der Waals surface area (Å²) in [6, 6.07) is 11.6. The lowest BCUT2D eigenvalue weighted by molar-refractivity contribution is -0.123. The average Bonchev–Trinajstić information content (AvgIpc) is 2.70. The van der Waals surface area contributed by atoms with E-state index in [0.29, 0.717) is 27.8 Å². The Morgan fingerprint density at radius 3 is 2.26 bits per heavy atom. The Hall–Kier alpha value is -2.93. The topological polar surface area (TPSA) is 85.9 Å². The van der Waals surface area contributed by atoms with Crippen LogP contribution in [0, 0.1) is 0 Å². The summed E-state index contributed by atoms with van der Waals surface area (Å²) in [5.74, 6) is 1.00. The van der Waals surface area contributed by atoms with Crippen molar-refractivity contribution in [2.24, 2.45) is 0 Å². The normalized spacial score (nSPS) is 10.0. The molecular formula is C19H21ClN2O5. The van der Waals surface area contributed by atoms with Crippen LogP contribution in [0.25, 0.3) is 0 Å². The Labute approximate surface area is 162 Å². The molecule has 0 unspecified atom stereocenters. The Balaban J connectivity index is 1.70. The lowest BCUT2D eigenvalue weighted by atomic mass is 10.2. The molecule has 0 saturated heterocycles. The summed E-state index contributed by atoms with van der Waals surface area (Å²) in [6.45, 7) is 0.437. The van der Waals surface area contributed by atoms with Crippen molar-refractivity contribution in [3.05, 3.63) is 53.1 Å². The molecule has 7 nitrogen and oxygen atoms in total. The first-order valence-corrected chi connectivity index (χ1v) is 8.56. The number of methoxy groups -OCH3 is 2. The second-order valence-corrected chi connectivity index (χ2v) is 5.85. The fourth-order valence-corrected chi connectivity index (χ4v) is 2.31. The van der Waals surface area contributed by atoms with Crippen LogP contribution in [0.15, 0.2) is 42.5 Å². The molecular weight excluding hydrogens is 372 g/mol. The zero-order valence-electron chi connectivity index (χ0n) is 15.1. The van der Waals surface area contributed by atoms with Gasteiger partial charge in [-0.3, -0.25) is 9.59 Å². The van der Waals surface area contributed by atoms with E-state index in [2.05, 4.69) is 10.6 Å². The van der Waals surface area contributed by atoms with E-state index in [0.717, 1.165) is 0 Å². The lowest BCUT2D eigenvalue weighted by Gasteiger charge is -2.11. The van der Waals surface area contributed by atoms with Gasteiger partial charge >= 0.3 is 0 Å². The van der Waals surface area contributed by atoms with Crippen LogP contribution in [0.1, 0.15) is 10.4 Å². The van der Waals surface area contributed by atoms with Crippen molar-refractivity contribution in [3.8, 4) is 17.2 Å². The molecule has 0 saturated carbocycles. The summed E-state index contributed by atoms with van der Waals surface area (Å²) in [5.41, 5.74) is 0.435. The van der Waals surface area contributed by atoms with Crippen molar-refractivity contribution >= 4 is 23.4 Å². The van der Waals surface area contributed by atoms with E-state index < -0.39 is 0 Å². The molecule has 2 N–H and O–H groups in total. The summed E-state index contributed by atoms with van der Waals surface area (Å²) in [6.07, 6.45) is 0. The monoisotopic (exact) mass is 392 g/mol. The van der Waals surface area contributed by atoms with Crippen molar-refractivity contribution in [1.29, 1.82) is 0 Å². The summed E-state index contributed by atoms with van der Waals surface area (Å²) in [7, 11) is 3.03. The van der Waals surface area contributed by atoms with Gasteiger partial charge < -0.3 is 24.8 Å². The highest BCUT2D eigenvalue weighted by Crippen LogP contribution is 2.27. The van der Waals surface area contributed by atoms with Crippen LogP contribution in [0.5, 0.6) is 17.2 Å². The number of benzene rings is 2. The highest BCUT2D eigenvalue weighted by molar-refractivity contribution is 6.30. The number of ether oxygens (including phenoxy) is 3. The van der Waals surface area contributed by atoms with Gasteiger partial charge in [0.2, 0.25) is 0 Å². The van der Waals surface area contributed by atoms with Gasteiger partial charge in [0.05, 0.1) is 14.2 Å². The number of carbonyl (C=O) groups is 2. The fraction of sp³-hybridized carbons (Fsp3) is 0.263. The average molecular weight is 393 g/mol. The van der Waals surface area contributed by atoms with Crippen LogP contribution in [0.3, 0.4) is 0 Å². The number of amides is 2. The summed E-state index contributed by atoms with van der Waals surface area (Å²) >= 11 is 5.78. The minimum Gasteiger partial charge on any atom is -0.493 e. The molecule has 2 aromatic carbocycles. The van der Waals surface area contributed by atoms with Crippen molar-refractivity contribution in [2.45, 2.75) is 0 Å². The van der Waals surface area contributed by atoms with Gasteiger partial charge in [-0.2, -0.15) is 0 Å². The SMILES string of the molecule is COc1ccc(C(=O)NCCNC(=O)COc2ccc(Cl)cc2)cc1OC. The second kappa shape index (κ2) is 10.3. The maximum atomic E-state index is 12.1. The zero-order chi connectivity index (χ0) is 19.6. The van der Waals surface area contributed by atoms with Crippen molar-refractivity contribution in [2.75, 3.05) is 33.9 Å². The first-order chi connectivity index (χ1) is 13.0. The minimum absolute atomic E-state index is 0.120. The Morgan fingerprint density at radius 1 is 0.926 bits per heavy atom. The van der Waals surface area contributed by atoms with E-state index in [1.165, 1.54) is 14.2 Å². The molecule has 0 aliphatic carbocycles. The third kappa shape index (κ3) is 6.38. The highest BCUT2D eigenvalue weighted by Gasteiger charge is 2.10. The molecule has 8 heteroatoms. The Morgan fingerprint density at radius 2 is 1.59 bits per heavy atom. The van der Waals surface area contributed by atoms with Gasteiger partial charge in [0.15, 0.2) is 18.1 Å². The molecule has 27 heavy (non-hydrogen) atoms. The zero-order valence-corrected chi connectivity index (χ0v) is 15.8. The van der Waals surface area contributed by atoms with Gasteiger partial charge in [-0.25, -0.2) is 0 Å². The third-order valence-corrected chi connectivity index (χ3v) is 3.81. The van der Waals surface area contributed by atoms with Crippen LogP contribution < -0.4 is 24.8 Å². The molecule has 0 aliphatic rings. The van der Waals surface area contributed by atoms with Gasteiger partial charge in [0, 0.05) is 23.7 Å². The molecule has 2 aromatic rings. The Kier molecular flexibility index (Phi) is 7.76. The lowest BCUT2D eigenvalue weighted by Crippen LogP contribution is -2.36. The Bertz CT molecular complexity index is 780. The maximum absolute atomic E-state index is 12.1. The minimum atomic E-state index is -0.287. The van der Waals surface area contributed by atoms with Gasteiger partial charge in [-0.15, -0.1) is 0 Å².